The summed E-state index contributed by atoms with van der Waals surface area (Å²) in [7, 11) is 0. The summed E-state index contributed by atoms with van der Waals surface area (Å²) >= 11 is 0. The third-order valence-electron chi connectivity index (χ3n) is 0.250. The van der Waals surface area contributed by atoms with Gasteiger partial charge in [0.25, 0.3) is 0 Å². The second-order valence-electron chi connectivity index (χ2n) is 1.41. The molecule has 0 amide bonds. The van der Waals surface area contributed by atoms with Gasteiger partial charge in [0.15, 0.2) is 0 Å². The molecule has 0 unspecified atom stereocenters. The molecule has 0 spiro atoms. The predicted molar refractivity (Wildman–Crippen MR) is 73.1 cm³/mol. The highest BCUT2D eigenvalue weighted by atomic mass is 13.6. The van der Waals surface area contributed by atoms with E-state index in [1.54, 1.807) is 0 Å². The van der Waals surface area contributed by atoms with Crippen LogP contribution >= 0.6 is 0 Å². The van der Waals surface area contributed by atoms with Crippen LogP contribution < -0.4 is 0 Å². The van der Waals surface area contributed by atoms with Crippen molar-refractivity contribution in [2.75, 3.05) is 0 Å². The average molecular weight is 196 g/mol. The summed E-state index contributed by atoms with van der Waals surface area (Å²) in [6.07, 6.45) is 3.42. The first-order valence-electron chi connectivity index (χ1n) is 4.50. The van der Waals surface area contributed by atoms with Gasteiger partial charge in [-0.25, -0.2) is 0 Å². The molecule has 0 N–H and O–H groups in total. The highest BCUT2D eigenvalue weighted by Gasteiger charge is 1.57. The Bertz CT molecular complexity index is 25.0. The molecule has 0 aliphatic rings. The summed E-state index contributed by atoms with van der Waals surface area (Å²) in [4.78, 5) is 0. The first kappa shape index (κ1) is 29.2. The third kappa shape index (κ3) is 139000. The molecule has 0 bridgehead atoms. The molecule has 0 heteroatoms. The standard InChI is InChI=1S/C4H8.2C3H6.2C2H4/c1-3-4-2;2*1-3-2;2*1-2/h1-4H2;2*1-3H2;2*1-2H2. The van der Waals surface area contributed by atoms with E-state index in [0.717, 1.165) is 25.7 Å². The molecule has 0 rings (SSSR count). The molecule has 0 aliphatic heterocycles. The average Bonchev–Trinajstić information content (AvgIpc) is 2.26. The summed E-state index contributed by atoms with van der Waals surface area (Å²) in [5.41, 5.74) is 0. The van der Waals surface area contributed by atoms with Gasteiger partial charge in [-0.1, -0.05) is 0 Å². The Morgan fingerprint density at radius 2 is 0.786 bits per heavy atom. The van der Waals surface area contributed by atoms with Crippen LogP contribution in [0.15, 0.2) is 26.3 Å². The third-order valence-corrected chi connectivity index (χ3v) is 0.250. The van der Waals surface area contributed by atoms with Crippen LogP contribution in [-0.2, 0) is 0 Å². The van der Waals surface area contributed by atoms with E-state index in [2.05, 4.69) is 67.9 Å². The number of hydrogen-bond acceptors (Lipinski definition) is 0. The van der Waals surface area contributed by atoms with Gasteiger partial charge in [0.2, 0.25) is 0 Å². The lowest BCUT2D eigenvalue weighted by atomic mass is 10.4. The van der Waals surface area contributed by atoms with Gasteiger partial charge in [0.1, 0.15) is 0 Å². The van der Waals surface area contributed by atoms with E-state index in [9.17, 15) is 0 Å². The molecule has 0 aromatic heterocycles. The van der Waals surface area contributed by atoms with Crippen molar-refractivity contribution in [3.8, 4) is 0 Å². The summed E-state index contributed by atoms with van der Waals surface area (Å²) in [5, 5.41) is 0. The van der Waals surface area contributed by atoms with Gasteiger partial charge in [-0.2, -0.15) is 0 Å². The van der Waals surface area contributed by atoms with Gasteiger partial charge in [-0.3, -0.25) is 13.8 Å². The fraction of sp³-hybridized carbons (Fsp3) is 0.286. The van der Waals surface area contributed by atoms with Gasteiger partial charge >= 0.3 is 0 Å². The lowest BCUT2D eigenvalue weighted by Gasteiger charge is -1.71. The largest absolute Gasteiger partial charge is 0.339 e. The molecule has 0 aliphatic carbocycles. The van der Waals surface area contributed by atoms with Gasteiger partial charge in [-0.15, -0.1) is 32.7 Å². The second-order valence-corrected chi connectivity index (χ2v) is 1.41. The van der Waals surface area contributed by atoms with Crippen LogP contribution in [0.3, 0.4) is 0 Å². The van der Waals surface area contributed by atoms with Crippen molar-refractivity contribution in [2.24, 2.45) is 0 Å². The summed E-state index contributed by atoms with van der Waals surface area (Å²) in [5.74, 6) is 0. The molecule has 0 heterocycles. The Morgan fingerprint density at radius 1 is 0.714 bits per heavy atom. The van der Waals surface area contributed by atoms with E-state index in [4.69, 9.17) is 0 Å². The molecule has 0 saturated heterocycles. The Balaban J connectivity index is -0.0000000249. The van der Waals surface area contributed by atoms with Crippen LogP contribution in [0, 0.1) is 41.5 Å². The van der Waals surface area contributed by atoms with Gasteiger partial charge in [0, 0.05) is 13.8 Å². The maximum absolute atomic E-state index is 3.54. The van der Waals surface area contributed by atoms with Crippen molar-refractivity contribution in [1.29, 1.82) is 0 Å². The molecular weight excluding hydrogens is 168 g/mol. The van der Waals surface area contributed by atoms with Crippen LogP contribution in [-0.4, -0.2) is 0 Å². The molecule has 0 radical (unpaired) electrons. The minimum absolute atomic E-state index is 0.750. The Labute approximate surface area is 94.1 Å². The Kier molecular flexibility index (Phi) is 325. The van der Waals surface area contributed by atoms with Gasteiger partial charge in [-0.05, 0) is 12.8 Å². The van der Waals surface area contributed by atoms with Crippen LogP contribution in [0.2, 0.25) is 0 Å². The zero-order chi connectivity index (χ0) is 12.8. The van der Waals surface area contributed by atoms with Crippen molar-refractivity contribution < 1.29 is 0 Å². The first-order chi connectivity index (χ1) is 6.74. The van der Waals surface area contributed by atoms with Gasteiger partial charge < -0.3 is 6.92 Å². The molecule has 0 nitrogen and oxygen atoms in total. The number of hydrogen-bond donors (Lipinski definition) is 0. The van der Waals surface area contributed by atoms with Crippen LogP contribution in [0.4, 0.5) is 0 Å². The fourth-order valence-electron chi connectivity index (χ4n) is 0. The number of unbranched alkanes of at least 4 members (excludes halogenated alkanes) is 1. The summed E-state index contributed by atoms with van der Waals surface area (Å²) < 4.78 is 0. The highest BCUT2D eigenvalue weighted by molar-refractivity contribution is 4.38. The fourth-order valence-corrected chi connectivity index (χ4v) is 0. The van der Waals surface area contributed by atoms with Crippen LogP contribution in [0.25, 0.3) is 0 Å². The lowest BCUT2D eigenvalue weighted by molar-refractivity contribution is 1.05. The second kappa shape index (κ2) is 156. The first-order valence-corrected chi connectivity index (χ1v) is 4.50. The van der Waals surface area contributed by atoms with Crippen molar-refractivity contribution in [3.63, 3.8) is 0 Å². The SMILES string of the molecule is C=C.C=C.[CH2+]CC[CH2-].[CH2+]C[CH2-].[CH2+]C[CH2-]. The topological polar surface area (TPSA) is 0 Å². The minimum Gasteiger partial charge on any atom is -0.339 e. The van der Waals surface area contributed by atoms with E-state index < -0.39 is 0 Å². The van der Waals surface area contributed by atoms with E-state index in [1.165, 1.54) is 0 Å². The van der Waals surface area contributed by atoms with E-state index in [1.807, 2.05) is 0 Å². The smallest absolute Gasteiger partial charge is 0.0587 e. The maximum Gasteiger partial charge on any atom is 0.0587 e. The molecule has 0 aromatic rings. The van der Waals surface area contributed by atoms with E-state index >= 15 is 0 Å². The monoisotopic (exact) mass is 196 g/mol. The lowest BCUT2D eigenvalue weighted by Crippen LogP contribution is -1.49. The Morgan fingerprint density at radius 3 is 0.786 bits per heavy atom. The minimum atomic E-state index is 0.750. The zero-order valence-electron chi connectivity index (χ0n) is 9.90. The van der Waals surface area contributed by atoms with Crippen molar-refractivity contribution in [2.45, 2.75) is 25.7 Å². The van der Waals surface area contributed by atoms with E-state index in [0.29, 0.717) is 0 Å². The summed E-state index contributed by atoms with van der Waals surface area (Å²) in [6, 6.07) is 0. The molecule has 0 aromatic carbocycles. The van der Waals surface area contributed by atoms with E-state index in [-0.39, 0.29) is 0 Å². The zero-order valence-corrected chi connectivity index (χ0v) is 9.90. The van der Waals surface area contributed by atoms with Crippen molar-refractivity contribution in [1.82, 2.24) is 0 Å². The summed E-state index contributed by atoms with van der Waals surface area (Å²) in [6.45, 7) is 32.6. The molecule has 0 saturated carbocycles. The quantitative estimate of drug-likeness (QED) is 0.403. The van der Waals surface area contributed by atoms with Gasteiger partial charge in [0.05, 0.1) is 13.3 Å². The molecular formula is C14H28. The van der Waals surface area contributed by atoms with Crippen molar-refractivity contribution >= 4 is 0 Å². The Hall–Kier alpha value is -0.910. The maximum atomic E-state index is 3.54. The van der Waals surface area contributed by atoms with Crippen LogP contribution in [0.1, 0.15) is 25.7 Å². The molecule has 0 fully saturated rings. The molecule has 14 heavy (non-hydrogen) atoms. The van der Waals surface area contributed by atoms with Crippen LogP contribution in [0.5, 0.6) is 0 Å². The molecule has 0 atom stereocenters. The predicted octanol–water partition coefficient (Wildman–Crippen LogP) is 5.13. The normalized spacial score (nSPS) is 5.07. The van der Waals surface area contributed by atoms with Crippen molar-refractivity contribution in [3.05, 3.63) is 67.9 Å². The number of rotatable bonds is 1. The highest BCUT2D eigenvalue weighted by Crippen LogP contribution is 1.75. The molecule has 84 valence electrons.